The molecule has 3 aromatic rings. The van der Waals surface area contributed by atoms with E-state index in [0.29, 0.717) is 5.75 Å². The fourth-order valence-corrected chi connectivity index (χ4v) is 5.83. The van der Waals surface area contributed by atoms with Crippen LogP contribution in [0.1, 0.15) is 23.0 Å². The highest BCUT2D eigenvalue weighted by Gasteiger charge is 2.54. The predicted molar refractivity (Wildman–Crippen MR) is 160 cm³/mol. The molecule has 3 aromatic carbocycles. The number of hydrogen-bond acceptors (Lipinski definition) is 12. The Morgan fingerprint density at radius 3 is 2.07 bits per heavy atom. The van der Waals surface area contributed by atoms with E-state index in [-0.39, 0.29) is 19.8 Å². The summed E-state index contributed by atoms with van der Waals surface area (Å²) >= 11 is 0. The summed E-state index contributed by atoms with van der Waals surface area (Å²) in [4.78, 5) is 0. The maximum atomic E-state index is 11.6. The molecular formula is C34H40O12. The number of aliphatic hydroxyl groups excluding tert-OH is 4. The van der Waals surface area contributed by atoms with Crippen LogP contribution in [0, 0.1) is 0 Å². The Kier molecular flexibility index (Phi) is 10.9. The van der Waals surface area contributed by atoms with Crippen LogP contribution < -0.4 is 4.74 Å². The van der Waals surface area contributed by atoms with Gasteiger partial charge < -0.3 is 58.3 Å². The Morgan fingerprint density at radius 1 is 0.696 bits per heavy atom. The zero-order valence-corrected chi connectivity index (χ0v) is 25.3. The van der Waals surface area contributed by atoms with Crippen LogP contribution in [-0.4, -0.2) is 102 Å². The van der Waals surface area contributed by atoms with Gasteiger partial charge in [0.05, 0.1) is 33.5 Å². The van der Waals surface area contributed by atoms with Crippen molar-refractivity contribution in [2.24, 2.45) is 0 Å². The first-order chi connectivity index (χ1) is 22.4. The topological polar surface area (TPSA) is 155 Å². The van der Waals surface area contributed by atoms with E-state index < -0.39 is 74.3 Å². The summed E-state index contributed by atoms with van der Waals surface area (Å²) in [6, 6.07) is 26.0. The summed E-state index contributed by atoms with van der Waals surface area (Å²) in [5.41, 5.74) is 2.47. The van der Waals surface area contributed by atoms with Crippen LogP contribution >= 0.6 is 0 Å². The largest absolute Gasteiger partial charge is 0.497 e. The Labute approximate surface area is 266 Å². The molecule has 0 radical (unpaired) electrons. The average molecular weight is 641 g/mol. The van der Waals surface area contributed by atoms with E-state index in [0.717, 1.165) is 16.7 Å². The van der Waals surface area contributed by atoms with E-state index >= 15 is 0 Å². The van der Waals surface area contributed by atoms with Crippen molar-refractivity contribution < 1.29 is 58.3 Å². The highest BCUT2D eigenvalue weighted by molar-refractivity contribution is 5.26. The van der Waals surface area contributed by atoms with Crippen molar-refractivity contribution in [3.05, 3.63) is 102 Å². The Morgan fingerprint density at radius 2 is 1.37 bits per heavy atom. The third-order valence-electron chi connectivity index (χ3n) is 8.35. The van der Waals surface area contributed by atoms with Crippen LogP contribution in [0.25, 0.3) is 0 Å². The van der Waals surface area contributed by atoms with E-state index in [1.165, 1.54) is 0 Å². The molecule has 46 heavy (non-hydrogen) atoms. The van der Waals surface area contributed by atoms with Gasteiger partial charge in [-0.15, -0.1) is 0 Å². The van der Waals surface area contributed by atoms with Crippen LogP contribution in [0.4, 0.5) is 0 Å². The number of aliphatic hydroxyl groups is 4. The lowest BCUT2D eigenvalue weighted by Gasteiger charge is -2.49. The van der Waals surface area contributed by atoms with E-state index in [2.05, 4.69) is 0 Å². The molecule has 1 unspecified atom stereocenters. The fraction of sp³-hybridized carbons (Fsp3) is 0.471. The van der Waals surface area contributed by atoms with E-state index in [4.69, 9.17) is 37.9 Å². The number of rotatable bonds is 11. The minimum atomic E-state index is -1.54. The molecule has 12 heteroatoms. The zero-order valence-electron chi connectivity index (χ0n) is 25.3. The summed E-state index contributed by atoms with van der Waals surface area (Å²) in [5.74, 6) is 0.698. The molecular weight excluding hydrogens is 600 g/mol. The highest BCUT2D eigenvalue weighted by atomic mass is 16.8. The van der Waals surface area contributed by atoms with Crippen LogP contribution in [0.2, 0.25) is 0 Å². The van der Waals surface area contributed by atoms with Crippen LogP contribution in [0.3, 0.4) is 0 Å². The number of benzene rings is 3. The SMILES string of the molecule is COc1ccc(CO[C@@H]2[C@@H](O)[C@H](O[C@H]3[C@H](O)[C@@H](O)[C@H](OCc4ccccc4)O[C@@H]3CO)O[C@@H]3COC(c4ccccc4)O[C@H]23)cc1. The Balaban J connectivity index is 1.17. The summed E-state index contributed by atoms with van der Waals surface area (Å²) in [6.45, 7) is -0.208. The molecule has 12 nitrogen and oxygen atoms in total. The van der Waals surface area contributed by atoms with E-state index in [1.54, 1.807) is 7.11 Å². The van der Waals surface area contributed by atoms with Gasteiger partial charge >= 0.3 is 0 Å². The molecule has 3 aliphatic heterocycles. The molecule has 0 aromatic heterocycles. The van der Waals surface area contributed by atoms with E-state index in [9.17, 15) is 20.4 Å². The van der Waals surface area contributed by atoms with Gasteiger partial charge in [0, 0.05) is 5.56 Å². The number of fused-ring (bicyclic) bond motifs is 1. The van der Waals surface area contributed by atoms with Crippen molar-refractivity contribution in [1.82, 2.24) is 0 Å². The molecule has 0 spiro atoms. The van der Waals surface area contributed by atoms with Gasteiger partial charge in [-0.05, 0) is 23.3 Å². The molecule has 11 atom stereocenters. The smallest absolute Gasteiger partial charge is 0.187 e. The molecule has 3 fully saturated rings. The maximum absolute atomic E-state index is 11.6. The van der Waals surface area contributed by atoms with Gasteiger partial charge in [0.15, 0.2) is 18.9 Å². The lowest BCUT2D eigenvalue weighted by molar-refractivity contribution is -0.389. The second-order valence-corrected chi connectivity index (χ2v) is 11.4. The second-order valence-electron chi connectivity index (χ2n) is 11.4. The van der Waals surface area contributed by atoms with Gasteiger partial charge in [-0.1, -0.05) is 72.8 Å². The quantitative estimate of drug-likeness (QED) is 0.242. The van der Waals surface area contributed by atoms with Gasteiger partial charge in [0.2, 0.25) is 0 Å². The van der Waals surface area contributed by atoms with Crippen molar-refractivity contribution in [3.63, 3.8) is 0 Å². The van der Waals surface area contributed by atoms with Gasteiger partial charge in [-0.3, -0.25) is 0 Å². The molecule has 4 N–H and O–H groups in total. The first-order valence-electron chi connectivity index (χ1n) is 15.3. The summed E-state index contributed by atoms with van der Waals surface area (Å²) < 4.78 is 47.6. The molecule has 0 amide bonds. The monoisotopic (exact) mass is 640 g/mol. The van der Waals surface area contributed by atoms with Gasteiger partial charge in [0.25, 0.3) is 0 Å². The van der Waals surface area contributed by atoms with Crippen molar-refractivity contribution in [2.75, 3.05) is 20.3 Å². The normalized spacial score (nSPS) is 34.5. The molecule has 0 saturated carbocycles. The van der Waals surface area contributed by atoms with Gasteiger partial charge in [0.1, 0.15) is 54.6 Å². The first-order valence-corrected chi connectivity index (χ1v) is 15.3. The lowest BCUT2D eigenvalue weighted by Crippen LogP contribution is -2.66. The molecule has 3 aliphatic rings. The van der Waals surface area contributed by atoms with Crippen LogP contribution in [0.5, 0.6) is 5.75 Å². The minimum Gasteiger partial charge on any atom is -0.497 e. The zero-order chi connectivity index (χ0) is 32.0. The van der Waals surface area contributed by atoms with Crippen molar-refractivity contribution >= 4 is 0 Å². The molecule has 3 heterocycles. The minimum absolute atomic E-state index is 0.102. The van der Waals surface area contributed by atoms with Crippen molar-refractivity contribution in [1.29, 1.82) is 0 Å². The molecule has 6 rings (SSSR count). The third-order valence-corrected chi connectivity index (χ3v) is 8.35. The maximum Gasteiger partial charge on any atom is 0.187 e. The van der Waals surface area contributed by atoms with Crippen LogP contribution in [0.15, 0.2) is 84.9 Å². The van der Waals surface area contributed by atoms with Gasteiger partial charge in [-0.25, -0.2) is 0 Å². The number of methoxy groups -OCH3 is 1. The highest BCUT2D eigenvalue weighted by Crippen LogP contribution is 2.37. The molecule has 0 bridgehead atoms. The second kappa shape index (κ2) is 15.3. The summed E-state index contributed by atoms with van der Waals surface area (Å²) in [7, 11) is 1.59. The number of ether oxygens (including phenoxy) is 8. The van der Waals surface area contributed by atoms with Crippen molar-refractivity contribution in [3.8, 4) is 5.75 Å². The summed E-state index contributed by atoms with van der Waals surface area (Å²) in [6.07, 6.45) is -12.5. The van der Waals surface area contributed by atoms with Crippen molar-refractivity contribution in [2.45, 2.75) is 80.9 Å². The Hall–Kier alpha value is -2.98. The lowest BCUT2D eigenvalue weighted by atomic mass is 9.96. The molecule has 3 saturated heterocycles. The fourth-order valence-electron chi connectivity index (χ4n) is 5.83. The first kappa shape index (κ1) is 32.9. The standard InChI is InChI=1S/C34H40O12/c1-39-23-14-12-21(13-15-23)17-40-31-28(38)34(44-25-19-42-32(46-30(25)31)22-10-6-3-7-11-22)45-29-24(16-35)43-33(27(37)26(29)36)41-18-20-8-4-2-5-9-20/h2-15,24-38H,16-19H2,1H3/t24-,25-,26-,27-,28-,29-,30+,31-,32?,33-,34+/m1/s1. The van der Waals surface area contributed by atoms with E-state index in [1.807, 2.05) is 84.9 Å². The van der Waals surface area contributed by atoms with Gasteiger partial charge in [-0.2, -0.15) is 0 Å². The third kappa shape index (κ3) is 7.43. The van der Waals surface area contributed by atoms with Crippen LogP contribution in [-0.2, 0) is 46.4 Å². The summed E-state index contributed by atoms with van der Waals surface area (Å²) in [5, 5.41) is 43.7. The predicted octanol–water partition coefficient (Wildman–Crippen LogP) is 1.82. The molecule has 0 aliphatic carbocycles. The average Bonchev–Trinajstić information content (AvgIpc) is 3.10. The molecule has 248 valence electrons. The number of hydrogen-bond donors (Lipinski definition) is 4. The Bertz CT molecular complexity index is 1340.